The Hall–Kier alpha value is -2.03. The van der Waals surface area contributed by atoms with Gasteiger partial charge >= 0.3 is 0 Å². The molecule has 3 aliphatic rings. The lowest BCUT2D eigenvalue weighted by Crippen LogP contribution is -2.60. The third kappa shape index (κ3) is 3.50. The molecule has 0 aromatic heterocycles. The number of halogens is 3. The van der Waals surface area contributed by atoms with Gasteiger partial charge in [-0.2, -0.15) is 0 Å². The maximum absolute atomic E-state index is 13.4. The van der Waals surface area contributed by atoms with Crippen LogP contribution in [0.15, 0.2) is 41.3 Å². The summed E-state index contributed by atoms with van der Waals surface area (Å²) in [6, 6.07) is 6.80. The molecule has 0 heterocycles. The van der Waals surface area contributed by atoms with Crippen LogP contribution < -0.4 is 5.32 Å². The molecule has 5 nitrogen and oxygen atoms in total. The molecule has 9 heteroatoms. The second-order valence-electron chi connectivity index (χ2n) is 8.22. The Bertz CT molecular complexity index is 1120. The number of nitrogens with one attached hydrogen (secondary N) is 1. The van der Waals surface area contributed by atoms with Crippen LogP contribution in [0.2, 0.25) is 5.02 Å². The topological polar surface area (TPSA) is 83.5 Å². The molecule has 160 valence electrons. The Balaban J connectivity index is 1.58. The average molecular weight is 456 g/mol. The summed E-state index contributed by atoms with van der Waals surface area (Å²) < 4.78 is 52.8. The molecule has 3 unspecified atom stereocenters. The molecular weight excluding hydrogens is 436 g/mol. The van der Waals surface area contributed by atoms with Crippen LogP contribution in [0.5, 0.6) is 0 Å². The predicted octanol–water partition coefficient (Wildman–Crippen LogP) is 4.19. The summed E-state index contributed by atoms with van der Waals surface area (Å²) in [6.07, 6.45) is 1.49. The zero-order valence-corrected chi connectivity index (χ0v) is 17.6. The van der Waals surface area contributed by atoms with Crippen LogP contribution in [-0.2, 0) is 9.84 Å². The van der Waals surface area contributed by atoms with Crippen molar-refractivity contribution in [1.29, 1.82) is 0 Å². The number of benzene rings is 2. The molecule has 3 fully saturated rings. The minimum absolute atomic E-state index is 0.00498. The SMILES string of the molecule is CC1(O)C2CC(S(=O)(=O)c3cc(C(=O)Nc4ccc(F)c(F)c4)ccc3Cl)C[C@@H]1C2. The lowest BCUT2D eigenvalue weighted by atomic mass is 9.54. The second kappa shape index (κ2) is 7.28. The van der Waals surface area contributed by atoms with E-state index in [0.717, 1.165) is 18.6 Å². The molecule has 2 bridgehead atoms. The first-order valence-electron chi connectivity index (χ1n) is 9.52. The molecular formula is C21H20ClF2NO4S. The summed E-state index contributed by atoms with van der Waals surface area (Å²) >= 11 is 6.16. The highest BCUT2D eigenvalue weighted by molar-refractivity contribution is 7.92. The van der Waals surface area contributed by atoms with E-state index < -0.39 is 38.2 Å². The smallest absolute Gasteiger partial charge is 0.255 e. The zero-order valence-electron chi connectivity index (χ0n) is 16.0. The minimum atomic E-state index is -3.82. The summed E-state index contributed by atoms with van der Waals surface area (Å²) in [4.78, 5) is 12.4. The molecule has 2 aromatic rings. The Morgan fingerprint density at radius 2 is 1.77 bits per heavy atom. The molecule has 0 saturated heterocycles. The third-order valence-corrected chi connectivity index (χ3v) is 9.09. The summed E-state index contributed by atoms with van der Waals surface area (Å²) in [5, 5.41) is 12.1. The summed E-state index contributed by atoms with van der Waals surface area (Å²) in [6.45, 7) is 1.74. The Kier molecular flexibility index (Phi) is 5.15. The summed E-state index contributed by atoms with van der Waals surface area (Å²) in [5.74, 6) is -2.98. The number of fused-ring (bicyclic) bond motifs is 2. The fourth-order valence-corrected chi connectivity index (χ4v) is 6.87. The van der Waals surface area contributed by atoms with Gasteiger partial charge in [-0.25, -0.2) is 17.2 Å². The third-order valence-electron chi connectivity index (χ3n) is 6.43. The van der Waals surface area contributed by atoms with Crippen molar-refractivity contribution >= 4 is 33.0 Å². The van der Waals surface area contributed by atoms with Crippen molar-refractivity contribution in [3.05, 3.63) is 58.6 Å². The van der Waals surface area contributed by atoms with E-state index in [1.807, 2.05) is 0 Å². The predicted molar refractivity (Wildman–Crippen MR) is 108 cm³/mol. The van der Waals surface area contributed by atoms with Crippen LogP contribution in [0.3, 0.4) is 0 Å². The van der Waals surface area contributed by atoms with E-state index in [1.54, 1.807) is 6.92 Å². The van der Waals surface area contributed by atoms with Gasteiger partial charge in [0, 0.05) is 17.3 Å². The van der Waals surface area contributed by atoms with E-state index in [9.17, 15) is 27.1 Å². The monoisotopic (exact) mass is 455 g/mol. The van der Waals surface area contributed by atoms with E-state index in [2.05, 4.69) is 5.32 Å². The summed E-state index contributed by atoms with van der Waals surface area (Å²) in [7, 11) is -3.82. The van der Waals surface area contributed by atoms with Gasteiger partial charge in [-0.1, -0.05) is 11.6 Å². The number of sulfone groups is 1. The van der Waals surface area contributed by atoms with Crippen molar-refractivity contribution in [1.82, 2.24) is 0 Å². The van der Waals surface area contributed by atoms with Crippen molar-refractivity contribution in [3.63, 3.8) is 0 Å². The molecule has 3 saturated carbocycles. The van der Waals surface area contributed by atoms with E-state index in [-0.39, 0.29) is 33.0 Å². The van der Waals surface area contributed by atoms with Gasteiger partial charge in [0.2, 0.25) is 0 Å². The van der Waals surface area contributed by atoms with Crippen molar-refractivity contribution in [3.8, 4) is 0 Å². The number of hydrogen-bond acceptors (Lipinski definition) is 4. The fourth-order valence-electron chi connectivity index (χ4n) is 4.47. The first-order chi connectivity index (χ1) is 14.0. The largest absolute Gasteiger partial charge is 0.390 e. The molecule has 0 aliphatic heterocycles. The maximum Gasteiger partial charge on any atom is 0.255 e. The number of aliphatic hydroxyl groups is 1. The molecule has 1 amide bonds. The van der Waals surface area contributed by atoms with E-state index >= 15 is 0 Å². The molecule has 3 aliphatic carbocycles. The van der Waals surface area contributed by atoms with E-state index in [4.69, 9.17) is 11.6 Å². The number of anilines is 1. The summed E-state index contributed by atoms with van der Waals surface area (Å²) in [5.41, 5.74) is -0.773. The highest BCUT2D eigenvalue weighted by Gasteiger charge is 2.57. The van der Waals surface area contributed by atoms with Gasteiger partial charge in [0.1, 0.15) is 0 Å². The zero-order chi connectivity index (χ0) is 21.8. The quantitative estimate of drug-likeness (QED) is 0.724. The van der Waals surface area contributed by atoms with Crippen molar-refractivity contribution in [2.24, 2.45) is 11.8 Å². The van der Waals surface area contributed by atoms with Gasteiger partial charge in [0.05, 0.1) is 20.8 Å². The van der Waals surface area contributed by atoms with Crippen molar-refractivity contribution in [2.45, 2.75) is 41.9 Å². The Morgan fingerprint density at radius 1 is 1.10 bits per heavy atom. The standard InChI is InChI=1S/C21H20ClF2NO4S/c1-21(27)12-7-13(21)9-15(8-12)30(28,29)19-6-11(2-4-16(19)22)20(26)25-14-3-5-17(23)18(24)10-14/h2-6,10,12-13,15,27H,7-9H2,1H3,(H,25,26)/t12-,13?,15?,21?/m0/s1. The van der Waals surface area contributed by atoms with Gasteiger partial charge < -0.3 is 10.4 Å². The van der Waals surface area contributed by atoms with Crippen LogP contribution in [0.4, 0.5) is 14.5 Å². The molecule has 4 atom stereocenters. The van der Waals surface area contributed by atoms with Crippen molar-refractivity contribution < 1.29 is 27.1 Å². The first kappa shape index (κ1) is 21.2. The molecule has 2 N–H and O–H groups in total. The number of carbonyl (C=O) groups excluding carboxylic acids is 1. The number of carbonyl (C=O) groups is 1. The van der Waals surface area contributed by atoms with Crippen molar-refractivity contribution in [2.75, 3.05) is 5.32 Å². The molecule has 0 radical (unpaired) electrons. The highest BCUT2D eigenvalue weighted by atomic mass is 35.5. The Labute approximate surface area is 178 Å². The number of hydrogen-bond donors (Lipinski definition) is 2. The molecule has 0 spiro atoms. The van der Waals surface area contributed by atoms with Gasteiger partial charge in [-0.15, -0.1) is 0 Å². The molecule has 30 heavy (non-hydrogen) atoms. The number of amides is 1. The minimum Gasteiger partial charge on any atom is -0.390 e. The van der Waals surface area contributed by atoms with Crippen LogP contribution in [0.25, 0.3) is 0 Å². The van der Waals surface area contributed by atoms with Gasteiger partial charge in [-0.05, 0) is 68.4 Å². The van der Waals surface area contributed by atoms with Crippen LogP contribution >= 0.6 is 11.6 Å². The van der Waals surface area contributed by atoms with Gasteiger partial charge in [0.25, 0.3) is 5.91 Å². The number of rotatable bonds is 4. The fraction of sp³-hybridized carbons (Fsp3) is 0.381. The van der Waals surface area contributed by atoms with E-state index in [0.29, 0.717) is 12.8 Å². The van der Waals surface area contributed by atoms with Gasteiger partial charge in [-0.3, -0.25) is 4.79 Å². The average Bonchev–Trinajstić information content (AvgIpc) is 2.70. The molecule has 2 aromatic carbocycles. The van der Waals surface area contributed by atoms with Crippen LogP contribution in [0.1, 0.15) is 36.5 Å². The lowest BCUT2D eigenvalue weighted by molar-refractivity contribution is -0.162. The first-order valence-corrected chi connectivity index (χ1v) is 11.4. The Morgan fingerprint density at radius 3 is 2.37 bits per heavy atom. The van der Waals surface area contributed by atoms with Crippen LogP contribution in [0, 0.1) is 23.5 Å². The maximum atomic E-state index is 13.4. The molecule has 5 rings (SSSR count). The van der Waals surface area contributed by atoms with Gasteiger partial charge in [0.15, 0.2) is 21.5 Å². The highest BCUT2D eigenvalue weighted by Crippen LogP contribution is 2.55. The van der Waals surface area contributed by atoms with E-state index in [1.165, 1.54) is 24.3 Å². The lowest BCUT2D eigenvalue weighted by Gasteiger charge is -2.56. The normalized spacial score (nSPS) is 28.0. The van der Waals surface area contributed by atoms with Crippen LogP contribution in [-0.4, -0.2) is 30.3 Å². The second-order valence-corrected chi connectivity index (χ2v) is 10.8.